The van der Waals surface area contributed by atoms with E-state index in [2.05, 4.69) is 10.4 Å². The number of ether oxygens (including phenoxy) is 2. The van der Waals surface area contributed by atoms with Crippen LogP contribution in [0.4, 0.5) is 13.2 Å². The minimum Gasteiger partial charge on any atom is -0.497 e. The third-order valence-corrected chi connectivity index (χ3v) is 5.50. The number of carbonyl (C=O) groups is 1. The Bertz CT molecular complexity index is 941. The second-order valence-corrected chi connectivity index (χ2v) is 7.66. The van der Waals surface area contributed by atoms with Crippen molar-refractivity contribution in [1.29, 1.82) is 0 Å². The molecule has 1 aliphatic rings. The fourth-order valence-corrected chi connectivity index (χ4v) is 3.71. The molecule has 0 bridgehead atoms. The van der Waals surface area contributed by atoms with Crippen LogP contribution in [0.15, 0.2) is 18.2 Å². The lowest BCUT2D eigenvalue weighted by Crippen LogP contribution is -2.34. The maximum atomic E-state index is 13.3. The van der Waals surface area contributed by atoms with Gasteiger partial charge in [-0.1, -0.05) is 11.6 Å². The molecule has 2 unspecified atom stereocenters. The summed E-state index contributed by atoms with van der Waals surface area (Å²) in [7, 11) is 3.03. The van der Waals surface area contributed by atoms with Gasteiger partial charge in [-0.15, -0.1) is 0 Å². The number of benzene rings is 1. The SMILES string of the molecule is COc1ccc(OC)c(C(C)NC(=O)C(C)n2nc(C(F)(F)F)c(Cl)c2C2CC2)c1. The molecule has 1 amide bonds. The van der Waals surface area contributed by atoms with E-state index < -0.39 is 34.9 Å². The molecular weight excluding hydrogens is 423 g/mol. The second kappa shape index (κ2) is 8.37. The third-order valence-electron chi connectivity index (χ3n) is 5.13. The van der Waals surface area contributed by atoms with E-state index in [1.807, 2.05) is 0 Å². The molecule has 0 aliphatic heterocycles. The molecule has 6 nitrogen and oxygen atoms in total. The van der Waals surface area contributed by atoms with Crippen molar-refractivity contribution >= 4 is 17.5 Å². The van der Waals surface area contributed by atoms with E-state index in [0.29, 0.717) is 29.9 Å². The quantitative estimate of drug-likeness (QED) is 0.659. The van der Waals surface area contributed by atoms with Gasteiger partial charge in [-0.05, 0) is 44.9 Å². The number of rotatable bonds is 7. The molecule has 2 aromatic rings. The van der Waals surface area contributed by atoms with E-state index in [-0.39, 0.29) is 11.6 Å². The maximum absolute atomic E-state index is 13.3. The van der Waals surface area contributed by atoms with Gasteiger partial charge in [0, 0.05) is 11.5 Å². The molecule has 2 atom stereocenters. The van der Waals surface area contributed by atoms with Crippen LogP contribution in [0.2, 0.25) is 5.02 Å². The highest BCUT2D eigenvalue weighted by Gasteiger charge is 2.43. The summed E-state index contributed by atoms with van der Waals surface area (Å²) >= 11 is 6.01. The monoisotopic (exact) mass is 445 g/mol. The van der Waals surface area contributed by atoms with Crippen LogP contribution in [0.1, 0.15) is 61.6 Å². The molecule has 1 aliphatic carbocycles. The Hall–Kier alpha value is -2.42. The first-order chi connectivity index (χ1) is 14.1. The first-order valence-corrected chi connectivity index (χ1v) is 9.83. The van der Waals surface area contributed by atoms with E-state index in [1.54, 1.807) is 25.1 Å². The summed E-state index contributed by atoms with van der Waals surface area (Å²) < 4.78 is 51.5. The number of methoxy groups -OCH3 is 2. The van der Waals surface area contributed by atoms with Crippen molar-refractivity contribution in [1.82, 2.24) is 15.1 Å². The molecule has 1 aromatic carbocycles. The van der Waals surface area contributed by atoms with Crippen molar-refractivity contribution < 1.29 is 27.4 Å². The van der Waals surface area contributed by atoms with Crippen molar-refractivity contribution in [3.8, 4) is 11.5 Å². The standard InChI is InChI=1S/C20H23ClF3N3O3/c1-10(14-9-13(29-3)7-8-15(14)30-4)25-19(28)11(2)27-17(12-5-6-12)16(21)18(26-27)20(22,23)24/h7-12H,5-6H2,1-4H3,(H,25,28). The van der Waals surface area contributed by atoms with Crippen molar-refractivity contribution in [3.05, 3.63) is 40.2 Å². The zero-order valence-corrected chi connectivity index (χ0v) is 17.8. The van der Waals surface area contributed by atoms with Gasteiger partial charge in [0.1, 0.15) is 17.5 Å². The smallest absolute Gasteiger partial charge is 0.436 e. The van der Waals surface area contributed by atoms with Gasteiger partial charge < -0.3 is 14.8 Å². The van der Waals surface area contributed by atoms with Gasteiger partial charge >= 0.3 is 6.18 Å². The van der Waals surface area contributed by atoms with E-state index in [9.17, 15) is 18.0 Å². The molecule has 0 spiro atoms. The molecule has 1 fully saturated rings. The fraction of sp³-hybridized carbons (Fsp3) is 0.500. The van der Waals surface area contributed by atoms with Crippen LogP contribution >= 0.6 is 11.6 Å². The molecule has 10 heteroatoms. The number of nitrogens with zero attached hydrogens (tertiary/aromatic N) is 2. The Morgan fingerprint density at radius 3 is 2.47 bits per heavy atom. The highest BCUT2D eigenvalue weighted by molar-refractivity contribution is 6.32. The predicted molar refractivity (Wildman–Crippen MR) is 105 cm³/mol. The zero-order valence-electron chi connectivity index (χ0n) is 17.0. The van der Waals surface area contributed by atoms with E-state index in [4.69, 9.17) is 21.1 Å². The van der Waals surface area contributed by atoms with Crippen LogP contribution in [0.25, 0.3) is 0 Å². The van der Waals surface area contributed by atoms with Crippen molar-refractivity contribution in [3.63, 3.8) is 0 Å². The molecule has 3 rings (SSSR count). The summed E-state index contributed by atoms with van der Waals surface area (Å²) in [4.78, 5) is 12.9. The van der Waals surface area contributed by atoms with E-state index >= 15 is 0 Å². The lowest BCUT2D eigenvalue weighted by atomic mass is 10.1. The summed E-state index contributed by atoms with van der Waals surface area (Å²) in [5.74, 6) is 0.537. The minimum absolute atomic E-state index is 0.118. The second-order valence-electron chi connectivity index (χ2n) is 7.28. The minimum atomic E-state index is -4.69. The number of amides is 1. The fourth-order valence-electron chi connectivity index (χ4n) is 3.33. The molecule has 1 saturated carbocycles. The van der Waals surface area contributed by atoms with Gasteiger partial charge in [-0.25, -0.2) is 0 Å². The van der Waals surface area contributed by atoms with Crippen LogP contribution in [0, 0.1) is 0 Å². The van der Waals surface area contributed by atoms with Crippen molar-refractivity contribution in [2.45, 2.75) is 50.9 Å². The lowest BCUT2D eigenvalue weighted by molar-refractivity contribution is -0.141. The van der Waals surface area contributed by atoms with Gasteiger partial charge in [0.2, 0.25) is 5.91 Å². The first-order valence-electron chi connectivity index (χ1n) is 9.45. The van der Waals surface area contributed by atoms with Crippen LogP contribution in [-0.2, 0) is 11.0 Å². The van der Waals surface area contributed by atoms with Gasteiger partial charge in [0.05, 0.1) is 31.0 Å². The number of hydrogen-bond acceptors (Lipinski definition) is 4. The van der Waals surface area contributed by atoms with Gasteiger partial charge in [0.25, 0.3) is 0 Å². The summed E-state index contributed by atoms with van der Waals surface area (Å²) in [6, 6.07) is 3.72. The predicted octanol–water partition coefficient (Wildman–Crippen LogP) is 4.89. The van der Waals surface area contributed by atoms with Gasteiger partial charge in [-0.3, -0.25) is 9.48 Å². The van der Waals surface area contributed by atoms with Gasteiger partial charge in [0.15, 0.2) is 5.69 Å². The number of nitrogens with one attached hydrogen (secondary N) is 1. The zero-order chi connectivity index (χ0) is 22.2. The Morgan fingerprint density at radius 2 is 1.93 bits per heavy atom. The molecule has 1 aromatic heterocycles. The third kappa shape index (κ3) is 4.35. The molecule has 1 N–H and O–H groups in total. The Morgan fingerprint density at radius 1 is 1.27 bits per heavy atom. The first kappa shape index (κ1) is 22.3. The summed E-state index contributed by atoms with van der Waals surface area (Å²) in [5, 5.41) is 6.05. The normalized spacial score (nSPS) is 16.1. The molecule has 0 saturated heterocycles. The highest BCUT2D eigenvalue weighted by Crippen LogP contribution is 2.47. The average molecular weight is 446 g/mol. The van der Waals surface area contributed by atoms with Crippen molar-refractivity contribution in [2.75, 3.05) is 14.2 Å². The largest absolute Gasteiger partial charge is 0.497 e. The Kier molecular flexibility index (Phi) is 6.21. The molecule has 1 heterocycles. The Balaban J connectivity index is 1.86. The summed E-state index contributed by atoms with van der Waals surface area (Å²) in [6.07, 6.45) is -3.26. The average Bonchev–Trinajstić information content (AvgIpc) is 3.47. The lowest BCUT2D eigenvalue weighted by Gasteiger charge is -2.21. The van der Waals surface area contributed by atoms with Gasteiger partial charge in [-0.2, -0.15) is 18.3 Å². The number of aromatic nitrogens is 2. The maximum Gasteiger partial charge on any atom is 0.436 e. The topological polar surface area (TPSA) is 65.4 Å². The summed E-state index contributed by atoms with van der Waals surface area (Å²) in [6.45, 7) is 3.25. The molecule has 0 radical (unpaired) electrons. The van der Waals surface area contributed by atoms with Crippen molar-refractivity contribution in [2.24, 2.45) is 0 Å². The molecule has 30 heavy (non-hydrogen) atoms. The van der Waals surface area contributed by atoms with Crippen LogP contribution in [0.5, 0.6) is 11.5 Å². The van der Waals surface area contributed by atoms with Crippen LogP contribution < -0.4 is 14.8 Å². The van der Waals surface area contributed by atoms with Crippen LogP contribution in [-0.4, -0.2) is 29.9 Å². The number of hydrogen-bond donors (Lipinski definition) is 1. The summed E-state index contributed by atoms with van der Waals surface area (Å²) in [5.41, 5.74) is -0.221. The number of halogens is 4. The number of carbonyl (C=O) groups excluding carboxylic acids is 1. The highest BCUT2D eigenvalue weighted by atomic mass is 35.5. The molecular formula is C20H23ClF3N3O3. The number of alkyl halides is 3. The van der Waals surface area contributed by atoms with E-state index in [0.717, 1.165) is 4.68 Å². The Labute approximate surface area is 177 Å². The molecule has 164 valence electrons. The van der Waals surface area contributed by atoms with Crippen LogP contribution in [0.3, 0.4) is 0 Å². The van der Waals surface area contributed by atoms with E-state index in [1.165, 1.54) is 21.1 Å².